The van der Waals surface area contributed by atoms with E-state index in [9.17, 15) is 4.79 Å². The van der Waals surface area contributed by atoms with Crippen LogP contribution in [0.4, 0.5) is 5.82 Å². The van der Waals surface area contributed by atoms with Crippen molar-refractivity contribution in [3.63, 3.8) is 0 Å². The van der Waals surface area contributed by atoms with Crippen LogP contribution in [0.15, 0.2) is 48.7 Å². The summed E-state index contributed by atoms with van der Waals surface area (Å²) in [4.78, 5) is 17.9. The van der Waals surface area contributed by atoms with Crippen LogP contribution in [0, 0.1) is 0 Å². The highest BCUT2D eigenvalue weighted by molar-refractivity contribution is 7.81. The van der Waals surface area contributed by atoms with E-state index in [1.165, 1.54) is 0 Å². The number of hydrogen-bond donors (Lipinski definition) is 1. The zero-order chi connectivity index (χ0) is 13.2. The van der Waals surface area contributed by atoms with E-state index in [0.29, 0.717) is 18.8 Å². The van der Waals surface area contributed by atoms with Gasteiger partial charge in [0.05, 0.1) is 0 Å². The van der Waals surface area contributed by atoms with E-state index >= 15 is 0 Å². The van der Waals surface area contributed by atoms with Gasteiger partial charge in [0.2, 0.25) is 5.91 Å². The lowest BCUT2D eigenvalue weighted by Gasteiger charge is -2.15. The number of carbonyl (C=O) groups excluding carboxylic acids is 1. The second-order valence-electron chi connectivity index (χ2n) is 4.63. The normalized spacial score (nSPS) is 18.9. The van der Waals surface area contributed by atoms with E-state index in [1.807, 2.05) is 48.7 Å². The number of anilines is 1. The first kappa shape index (κ1) is 12.2. The Kier molecular flexibility index (Phi) is 3.25. The van der Waals surface area contributed by atoms with E-state index in [-0.39, 0.29) is 11.2 Å². The molecule has 96 valence electrons. The summed E-state index contributed by atoms with van der Waals surface area (Å²) in [6.45, 7) is 0.639. The van der Waals surface area contributed by atoms with Gasteiger partial charge in [-0.3, -0.25) is 9.69 Å². The molecule has 1 fully saturated rings. The van der Waals surface area contributed by atoms with Crippen molar-refractivity contribution >= 4 is 24.4 Å². The Balaban J connectivity index is 1.86. The van der Waals surface area contributed by atoms with Crippen LogP contribution in [0.5, 0.6) is 0 Å². The van der Waals surface area contributed by atoms with Crippen LogP contribution >= 0.6 is 12.6 Å². The van der Waals surface area contributed by atoms with Crippen molar-refractivity contribution < 1.29 is 4.79 Å². The molecule has 0 saturated carbocycles. The van der Waals surface area contributed by atoms with Crippen LogP contribution in [0.2, 0.25) is 0 Å². The van der Waals surface area contributed by atoms with Gasteiger partial charge in [-0.25, -0.2) is 4.98 Å². The third-order valence-corrected chi connectivity index (χ3v) is 3.58. The SMILES string of the molecule is O=C1CC(S)CN1c1ccc(-c2ccccc2)cn1. The van der Waals surface area contributed by atoms with Gasteiger partial charge in [-0.05, 0) is 17.7 Å². The average molecular weight is 270 g/mol. The van der Waals surface area contributed by atoms with Crippen molar-refractivity contribution in [2.45, 2.75) is 11.7 Å². The van der Waals surface area contributed by atoms with Crippen LogP contribution in [0.1, 0.15) is 6.42 Å². The van der Waals surface area contributed by atoms with E-state index in [2.05, 4.69) is 17.6 Å². The number of amides is 1. The van der Waals surface area contributed by atoms with Crippen LogP contribution in [0.25, 0.3) is 11.1 Å². The van der Waals surface area contributed by atoms with Gasteiger partial charge >= 0.3 is 0 Å². The molecule has 3 nitrogen and oxygen atoms in total. The first-order chi connectivity index (χ1) is 9.24. The number of aromatic nitrogens is 1. The van der Waals surface area contributed by atoms with Crippen molar-refractivity contribution in [1.29, 1.82) is 0 Å². The zero-order valence-corrected chi connectivity index (χ0v) is 11.3. The molecule has 0 spiro atoms. The van der Waals surface area contributed by atoms with E-state index in [1.54, 1.807) is 4.90 Å². The predicted octanol–water partition coefficient (Wildman–Crippen LogP) is 2.78. The molecule has 0 radical (unpaired) electrons. The van der Waals surface area contributed by atoms with Gasteiger partial charge < -0.3 is 0 Å². The number of rotatable bonds is 2. The monoisotopic (exact) mass is 270 g/mol. The maximum Gasteiger partial charge on any atom is 0.229 e. The van der Waals surface area contributed by atoms with Crippen molar-refractivity contribution in [3.8, 4) is 11.1 Å². The molecule has 1 saturated heterocycles. The predicted molar refractivity (Wildman–Crippen MR) is 79.4 cm³/mol. The molecule has 1 aliphatic heterocycles. The first-order valence-corrected chi connectivity index (χ1v) is 6.75. The summed E-state index contributed by atoms with van der Waals surface area (Å²) in [6.07, 6.45) is 2.30. The Morgan fingerprint density at radius 3 is 2.47 bits per heavy atom. The fourth-order valence-corrected chi connectivity index (χ4v) is 2.58. The molecule has 0 aliphatic carbocycles. The van der Waals surface area contributed by atoms with Gasteiger partial charge in [0.25, 0.3) is 0 Å². The minimum Gasteiger partial charge on any atom is -0.296 e. The maximum absolute atomic E-state index is 11.8. The minimum atomic E-state index is 0.0972. The summed E-state index contributed by atoms with van der Waals surface area (Å²) in [6, 6.07) is 14.0. The Morgan fingerprint density at radius 1 is 1.11 bits per heavy atom. The molecule has 0 bridgehead atoms. The summed E-state index contributed by atoms with van der Waals surface area (Å²) in [5.74, 6) is 0.807. The van der Waals surface area contributed by atoms with Crippen LogP contribution < -0.4 is 4.90 Å². The summed E-state index contributed by atoms with van der Waals surface area (Å²) in [5.41, 5.74) is 2.18. The topological polar surface area (TPSA) is 33.2 Å². The molecule has 1 amide bonds. The molecule has 1 aromatic carbocycles. The molecule has 1 unspecified atom stereocenters. The lowest BCUT2D eigenvalue weighted by atomic mass is 10.1. The van der Waals surface area contributed by atoms with Crippen LogP contribution in [-0.2, 0) is 4.79 Å². The molecule has 3 rings (SSSR count). The Labute approximate surface area is 117 Å². The molecular weight excluding hydrogens is 256 g/mol. The lowest BCUT2D eigenvalue weighted by molar-refractivity contribution is -0.117. The van der Waals surface area contributed by atoms with Gasteiger partial charge in [0.1, 0.15) is 5.82 Å². The molecule has 0 N–H and O–H groups in total. The van der Waals surface area contributed by atoms with Gasteiger partial charge in [-0.15, -0.1) is 0 Å². The second kappa shape index (κ2) is 5.05. The van der Waals surface area contributed by atoms with Crippen LogP contribution in [-0.4, -0.2) is 22.7 Å². The van der Waals surface area contributed by atoms with Crippen molar-refractivity contribution in [2.75, 3.05) is 11.4 Å². The summed E-state index contributed by atoms with van der Waals surface area (Å²) >= 11 is 4.35. The summed E-state index contributed by atoms with van der Waals surface area (Å²) < 4.78 is 0. The van der Waals surface area contributed by atoms with Crippen molar-refractivity contribution in [1.82, 2.24) is 4.98 Å². The highest BCUT2D eigenvalue weighted by Crippen LogP contribution is 2.24. The number of nitrogens with zero attached hydrogens (tertiary/aromatic N) is 2. The fraction of sp³-hybridized carbons (Fsp3) is 0.200. The van der Waals surface area contributed by atoms with E-state index in [4.69, 9.17) is 0 Å². The third kappa shape index (κ3) is 2.49. The number of pyridine rings is 1. The van der Waals surface area contributed by atoms with Gasteiger partial charge in [-0.2, -0.15) is 12.6 Å². The molecule has 4 heteroatoms. The number of hydrogen-bond acceptors (Lipinski definition) is 3. The number of benzene rings is 1. The van der Waals surface area contributed by atoms with Gasteiger partial charge in [0.15, 0.2) is 0 Å². The molecule has 2 aromatic rings. The molecular formula is C15H14N2OS. The zero-order valence-electron chi connectivity index (χ0n) is 10.4. The number of thiol groups is 1. The van der Waals surface area contributed by atoms with Crippen molar-refractivity contribution in [2.24, 2.45) is 0 Å². The molecule has 1 atom stereocenters. The van der Waals surface area contributed by atoms with Gasteiger partial charge in [0, 0.05) is 30.0 Å². The van der Waals surface area contributed by atoms with E-state index < -0.39 is 0 Å². The Bertz CT molecular complexity index is 583. The van der Waals surface area contributed by atoms with Crippen molar-refractivity contribution in [3.05, 3.63) is 48.7 Å². The second-order valence-corrected chi connectivity index (χ2v) is 5.36. The minimum absolute atomic E-state index is 0.0972. The first-order valence-electron chi connectivity index (χ1n) is 6.24. The molecule has 19 heavy (non-hydrogen) atoms. The Hall–Kier alpha value is -1.81. The van der Waals surface area contributed by atoms with Gasteiger partial charge in [-0.1, -0.05) is 30.3 Å². The molecule has 2 heterocycles. The molecule has 1 aliphatic rings. The smallest absolute Gasteiger partial charge is 0.229 e. The van der Waals surface area contributed by atoms with E-state index in [0.717, 1.165) is 11.1 Å². The summed E-state index contributed by atoms with van der Waals surface area (Å²) in [5, 5.41) is 0.114. The number of carbonyl (C=O) groups is 1. The molecule has 1 aromatic heterocycles. The highest BCUT2D eigenvalue weighted by atomic mass is 32.1. The third-order valence-electron chi connectivity index (χ3n) is 3.24. The standard InChI is InChI=1S/C15H14N2OS/c18-15-8-13(19)10-17(15)14-7-6-12(9-16-14)11-4-2-1-3-5-11/h1-7,9,13,19H,8,10H2. The Morgan fingerprint density at radius 2 is 1.89 bits per heavy atom. The quantitative estimate of drug-likeness (QED) is 0.851. The largest absolute Gasteiger partial charge is 0.296 e. The fourth-order valence-electron chi connectivity index (χ4n) is 2.26. The highest BCUT2D eigenvalue weighted by Gasteiger charge is 2.28. The maximum atomic E-state index is 11.8. The summed E-state index contributed by atoms with van der Waals surface area (Å²) in [7, 11) is 0. The average Bonchev–Trinajstić information content (AvgIpc) is 2.79. The lowest BCUT2D eigenvalue weighted by Crippen LogP contribution is -2.25. The van der Waals surface area contributed by atoms with Crippen LogP contribution in [0.3, 0.4) is 0 Å².